The smallest absolute Gasteiger partial charge is 0.363 e. The number of hydrogen-bond donors (Lipinski definition) is 0. The van der Waals surface area contributed by atoms with E-state index in [4.69, 9.17) is 4.74 Å². The molecule has 0 N–H and O–H groups in total. The van der Waals surface area contributed by atoms with Gasteiger partial charge in [-0.05, 0) is 52.0 Å². The number of nitrogens with zero attached hydrogens (tertiary/aromatic N) is 5. The molecule has 0 unspecified atom stereocenters. The van der Waals surface area contributed by atoms with E-state index < -0.39 is 4.92 Å². The minimum Gasteiger partial charge on any atom is -0.376 e. The van der Waals surface area contributed by atoms with E-state index in [1.165, 1.54) is 24.0 Å². The van der Waals surface area contributed by atoms with Crippen LogP contribution in [-0.4, -0.2) is 37.4 Å². The molecule has 3 aromatic rings. The highest BCUT2D eigenvalue weighted by atomic mass is 32.2. The van der Waals surface area contributed by atoms with Gasteiger partial charge in [-0.25, -0.2) is 0 Å². The summed E-state index contributed by atoms with van der Waals surface area (Å²) >= 11 is 3.00. The van der Waals surface area contributed by atoms with Crippen molar-refractivity contribution in [2.75, 3.05) is 6.61 Å². The average Bonchev–Trinajstić information content (AvgIpc) is 3.39. The van der Waals surface area contributed by atoms with Crippen molar-refractivity contribution in [1.82, 2.24) is 19.7 Å². The Hall–Kier alpha value is -2.30. The highest BCUT2D eigenvalue weighted by Crippen LogP contribution is 2.32. The Morgan fingerprint density at radius 1 is 1.38 bits per heavy atom. The zero-order valence-electron chi connectivity index (χ0n) is 13.6. The van der Waals surface area contributed by atoms with Gasteiger partial charge in [-0.3, -0.25) is 4.57 Å². The lowest BCUT2D eigenvalue weighted by Crippen LogP contribution is -2.16. The second-order valence-electron chi connectivity index (χ2n) is 5.74. The third-order valence-corrected chi connectivity index (χ3v) is 5.81. The quantitative estimate of drug-likeness (QED) is 0.469. The molecular formula is C16H15N5O3S2. The summed E-state index contributed by atoms with van der Waals surface area (Å²) in [5, 5.41) is 22.2. The minimum absolute atomic E-state index is 0.152. The summed E-state index contributed by atoms with van der Waals surface area (Å²) in [6, 6.07) is 7.07. The fourth-order valence-electron chi connectivity index (χ4n) is 2.76. The van der Waals surface area contributed by atoms with Crippen LogP contribution in [0.5, 0.6) is 0 Å². The molecule has 0 saturated carbocycles. The van der Waals surface area contributed by atoms with Crippen LogP contribution in [0.1, 0.15) is 12.8 Å². The van der Waals surface area contributed by atoms with Gasteiger partial charge in [-0.1, -0.05) is 6.07 Å². The molecule has 8 nitrogen and oxygen atoms in total. The van der Waals surface area contributed by atoms with Gasteiger partial charge in [0.2, 0.25) is 0 Å². The molecule has 0 aliphatic carbocycles. The van der Waals surface area contributed by atoms with Crippen LogP contribution < -0.4 is 0 Å². The first-order valence-corrected chi connectivity index (χ1v) is 9.77. The lowest BCUT2D eigenvalue weighted by Gasteiger charge is -2.14. The van der Waals surface area contributed by atoms with E-state index in [9.17, 15) is 10.1 Å². The minimum atomic E-state index is -0.511. The largest absolute Gasteiger partial charge is 0.376 e. The van der Waals surface area contributed by atoms with Crippen molar-refractivity contribution in [3.05, 3.63) is 46.0 Å². The van der Waals surface area contributed by atoms with Crippen LogP contribution in [0, 0.1) is 10.1 Å². The van der Waals surface area contributed by atoms with Gasteiger partial charge in [0.25, 0.3) is 0 Å². The SMILES string of the molecule is O=[N+]([O-])c1ccc(Sc2nnc(-c3cccs3)n2C[C@H]2CCCO2)cn1. The Morgan fingerprint density at radius 3 is 2.96 bits per heavy atom. The van der Waals surface area contributed by atoms with E-state index in [1.807, 2.05) is 17.5 Å². The molecular weight excluding hydrogens is 374 g/mol. The molecule has 26 heavy (non-hydrogen) atoms. The monoisotopic (exact) mass is 389 g/mol. The van der Waals surface area contributed by atoms with Crippen LogP contribution in [-0.2, 0) is 11.3 Å². The third-order valence-electron chi connectivity index (χ3n) is 3.99. The second-order valence-corrected chi connectivity index (χ2v) is 7.73. The zero-order valence-corrected chi connectivity index (χ0v) is 15.3. The molecule has 1 fully saturated rings. The van der Waals surface area contributed by atoms with Gasteiger partial charge in [-0.15, -0.1) is 21.5 Å². The molecule has 4 heterocycles. The maximum Gasteiger partial charge on any atom is 0.363 e. The summed E-state index contributed by atoms with van der Waals surface area (Å²) in [6.45, 7) is 1.47. The highest BCUT2D eigenvalue weighted by Gasteiger charge is 2.22. The van der Waals surface area contributed by atoms with E-state index in [1.54, 1.807) is 17.4 Å². The number of pyridine rings is 1. The summed E-state index contributed by atoms with van der Waals surface area (Å²) in [5.41, 5.74) is 0. The molecule has 134 valence electrons. The molecule has 10 heteroatoms. The van der Waals surface area contributed by atoms with E-state index in [-0.39, 0.29) is 11.9 Å². The van der Waals surface area contributed by atoms with Crippen LogP contribution in [0.3, 0.4) is 0 Å². The van der Waals surface area contributed by atoms with Crippen molar-refractivity contribution in [2.45, 2.75) is 35.5 Å². The molecule has 0 radical (unpaired) electrons. The molecule has 1 aliphatic rings. The number of nitro groups is 1. The summed E-state index contributed by atoms with van der Waals surface area (Å²) in [4.78, 5) is 15.9. The topological polar surface area (TPSA) is 96.0 Å². The normalized spacial score (nSPS) is 16.8. The first-order valence-electron chi connectivity index (χ1n) is 8.07. The van der Waals surface area contributed by atoms with Crippen molar-refractivity contribution in [3.8, 4) is 10.7 Å². The number of rotatable bonds is 6. The first kappa shape index (κ1) is 17.1. The summed E-state index contributed by atoms with van der Waals surface area (Å²) in [6.07, 6.45) is 3.72. The van der Waals surface area contributed by atoms with Gasteiger partial charge in [0.15, 0.2) is 17.2 Å². The lowest BCUT2D eigenvalue weighted by molar-refractivity contribution is -0.389. The van der Waals surface area contributed by atoms with E-state index in [0.717, 1.165) is 40.2 Å². The molecule has 3 aromatic heterocycles. The number of thiophene rings is 1. The maximum atomic E-state index is 10.7. The van der Waals surface area contributed by atoms with Crippen LogP contribution in [0.4, 0.5) is 5.82 Å². The van der Waals surface area contributed by atoms with Crippen molar-refractivity contribution < 1.29 is 9.66 Å². The van der Waals surface area contributed by atoms with E-state index >= 15 is 0 Å². The Labute approximate surface area is 157 Å². The predicted octanol–water partition coefficient (Wildman–Crippen LogP) is 3.64. The van der Waals surface area contributed by atoms with Gasteiger partial charge in [0.1, 0.15) is 0 Å². The number of hydrogen-bond acceptors (Lipinski definition) is 8. The Bertz CT molecular complexity index is 889. The molecule has 1 aliphatic heterocycles. The fraction of sp³-hybridized carbons (Fsp3) is 0.312. The van der Waals surface area contributed by atoms with Crippen molar-refractivity contribution >= 4 is 28.9 Å². The van der Waals surface area contributed by atoms with Gasteiger partial charge in [0, 0.05) is 12.7 Å². The van der Waals surface area contributed by atoms with E-state index in [0.29, 0.717) is 6.54 Å². The zero-order chi connectivity index (χ0) is 17.9. The molecule has 0 spiro atoms. The van der Waals surface area contributed by atoms with Gasteiger partial charge >= 0.3 is 5.82 Å². The van der Waals surface area contributed by atoms with Crippen LogP contribution in [0.25, 0.3) is 10.7 Å². The van der Waals surface area contributed by atoms with Crippen LogP contribution in [0.2, 0.25) is 0 Å². The molecule has 1 saturated heterocycles. The molecule has 0 amide bonds. The number of ether oxygens (including phenoxy) is 1. The van der Waals surface area contributed by atoms with Gasteiger partial charge in [0.05, 0.1) is 22.4 Å². The maximum absolute atomic E-state index is 10.7. The second kappa shape index (κ2) is 7.52. The standard InChI is InChI=1S/C16H15N5O3S2/c22-21(23)14-6-5-12(9-17-14)26-16-19-18-15(13-4-2-8-25-13)20(16)10-11-3-1-7-24-11/h2,4-6,8-9,11H,1,3,7,10H2/t11-/m1/s1. The molecule has 4 rings (SSSR count). The van der Waals surface area contributed by atoms with Crippen LogP contribution in [0.15, 0.2) is 45.9 Å². The summed E-state index contributed by atoms with van der Waals surface area (Å²) < 4.78 is 7.84. The van der Waals surface area contributed by atoms with Crippen molar-refractivity contribution in [1.29, 1.82) is 0 Å². The predicted molar refractivity (Wildman–Crippen MR) is 97.3 cm³/mol. The molecule has 1 atom stereocenters. The lowest BCUT2D eigenvalue weighted by atomic mass is 10.2. The van der Waals surface area contributed by atoms with Crippen molar-refractivity contribution in [2.24, 2.45) is 0 Å². The van der Waals surface area contributed by atoms with E-state index in [2.05, 4.69) is 19.7 Å². The Balaban J connectivity index is 1.63. The number of aromatic nitrogens is 4. The third kappa shape index (κ3) is 3.62. The summed E-state index contributed by atoms with van der Waals surface area (Å²) in [7, 11) is 0. The van der Waals surface area contributed by atoms with Crippen LogP contribution >= 0.6 is 23.1 Å². The highest BCUT2D eigenvalue weighted by molar-refractivity contribution is 7.99. The van der Waals surface area contributed by atoms with Gasteiger partial charge < -0.3 is 14.9 Å². The fourth-order valence-corrected chi connectivity index (χ4v) is 4.28. The Kier molecular flexibility index (Phi) is 4.96. The van der Waals surface area contributed by atoms with Crippen molar-refractivity contribution in [3.63, 3.8) is 0 Å². The molecule has 0 aromatic carbocycles. The first-order chi connectivity index (χ1) is 12.7. The molecule has 0 bridgehead atoms. The van der Waals surface area contributed by atoms with Gasteiger partial charge in [-0.2, -0.15) is 0 Å². The Morgan fingerprint density at radius 2 is 2.31 bits per heavy atom. The summed E-state index contributed by atoms with van der Waals surface area (Å²) in [5.74, 6) is 0.641. The average molecular weight is 389 g/mol.